The summed E-state index contributed by atoms with van der Waals surface area (Å²) in [5.41, 5.74) is 1.87. The van der Waals surface area contributed by atoms with Crippen LogP contribution in [-0.4, -0.2) is 17.1 Å². The van der Waals surface area contributed by atoms with Gasteiger partial charge in [0.05, 0.1) is 0 Å². The van der Waals surface area contributed by atoms with Crippen molar-refractivity contribution >= 4 is 28.3 Å². The van der Waals surface area contributed by atoms with E-state index in [0.717, 1.165) is 16.2 Å². The third-order valence-corrected chi connectivity index (χ3v) is 3.97. The van der Waals surface area contributed by atoms with Gasteiger partial charge in [-0.25, -0.2) is 0 Å². The molecule has 1 aliphatic rings. The number of hydrogen-bond acceptors (Lipinski definition) is 3. The van der Waals surface area contributed by atoms with Crippen LogP contribution in [0.25, 0.3) is 4.91 Å². The fourth-order valence-corrected chi connectivity index (χ4v) is 2.95. The molecule has 3 nitrogen and oxygen atoms in total. The smallest absolute Gasteiger partial charge is 0.219 e. The summed E-state index contributed by atoms with van der Waals surface area (Å²) in [4.78, 5) is 17.1. The van der Waals surface area contributed by atoms with Gasteiger partial charge in [0.15, 0.2) is 5.50 Å². The van der Waals surface area contributed by atoms with Gasteiger partial charge in [-0.05, 0) is 11.6 Å². The molecule has 0 saturated carbocycles. The fourth-order valence-electron chi connectivity index (χ4n) is 1.87. The summed E-state index contributed by atoms with van der Waals surface area (Å²) >= 11 is 1.57. The number of amides is 1. The van der Waals surface area contributed by atoms with Gasteiger partial charge in [-0.1, -0.05) is 62.9 Å². The van der Waals surface area contributed by atoms with Crippen molar-refractivity contribution in [3.8, 4) is 0 Å². The molecule has 1 aromatic rings. The molecular formula is C16H20N2OS. The molecule has 1 heterocycles. The van der Waals surface area contributed by atoms with E-state index in [1.165, 1.54) is 6.92 Å². The topological polar surface area (TPSA) is 41.5 Å². The summed E-state index contributed by atoms with van der Waals surface area (Å²) < 4.78 is 0. The molecular weight excluding hydrogens is 268 g/mol. The molecule has 0 aromatic heterocycles. The van der Waals surface area contributed by atoms with Gasteiger partial charge in [-0.2, -0.15) is 0 Å². The van der Waals surface area contributed by atoms with Gasteiger partial charge in [-0.15, -0.1) is 0 Å². The van der Waals surface area contributed by atoms with Crippen molar-refractivity contribution in [2.45, 2.75) is 33.2 Å². The Labute approximate surface area is 124 Å². The second-order valence-electron chi connectivity index (χ2n) is 5.81. The Bertz CT molecular complexity index is 556. The number of aliphatic imine (C=N–C) groups is 1. The van der Waals surface area contributed by atoms with Crippen LogP contribution < -0.4 is 5.32 Å². The summed E-state index contributed by atoms with van der Waals surface area (Å²) in [5.74, 6) is -0.0613. The van der Waals surface area contributed by atoms with Crippen molar-refractivity contribution in [3.63, 3.8) is 0 Å². The normalized spacial score (nSPS) is 19.1. The average Bonchev–Trinajstić information content (AvgIpc) is 2.37. The molecule has 0 bridgehead atoms. The lowest BCUT2D eigenvalue weighted by Gasteiger charge is -2.27. The maximum atomic E-state index is 11.3. The molecule has 1 unspecified atom stereocenters. The van der Waals surface area contributed by atoms with Crippen LogP contribution >= 0.6 is 11.8 Å². The minimum Gasteiger partial charge on any atom is -0.326 e. The number of thioether (sulfide) groups is 1. The molecule has 1 atom stereocenters. The van der Waals surface area contributed by atoms with E-state index < -0.39 is 0 Å². The molecule has 0 spiro atoms. The summed E-state index contributed by atoms with van der Waals surface area (Å²) in [5, 5.41) is 2.88. The van der Waals surface area contributed by atoms with E-state index in [1.807, 2.05) is 18.2 Å². The average molecular weight is 288 g/mol. The molecule has 20 heavy (non-hydrogen) atoms. The van der Waals surface area contributed by atoms with Crippen LogP contribution in [0, 0.1) is 5.41 Å². The van der Waals surface area contributed by atoms with Crippen LogP contribution in [0.15, 0.2) is 41.4 Å². The van der Waals surface area contributed by atoms with Crippen LogP contribution in [0.2, 0.25) is 0 Å². The number of carbonyl (C=O) groups is 1. The number of rotatable bonds is 2. The first kappa shape index (κ1) is 14.9. The van der Waals surface area contributed by atoms with E-state index in [0.29, 0.717) is 0 Å². The SMILES string of the molecule is CC(=O)NC1N=C(C(C)(C)C)C=C(c2ccccc2)S1. The third-order valence-electron chi connectivity index (χ3n) is 2.92. The van der Waals surface area contributed by atoms with Crippen molar-refractivity contribution in [1.29, 1.82) is 0 Å². The number of benzene rings is 1. The van der Waals surface area contributed by atoms with Crippen LogP contribution in [0.4, 0.5) is 0 Å². The van der Waals surface area contributed by atoms with Gasteiger partial charge < -0.3 is 5.32 Å². The van der Waals surface area contributed by atoms with E-state index in [2.05, 4.69) is 49.3 Å². The van der Waals surface area contributed by atoms with Gasteiger partial charge in [0, 0.05) is 23.0 Å². The molecule has 2 rings (SSSR count). The Morgan fingerprint density at radius 1 is 1.25 bits per heavy atom. The van der Waals surface area contributed by atoms with Gasteiger partial charge in [0.2, 0.25) is 5.91 Å². The highest BCUT2D eigenvalue weighted by Crippen LogP contribution is 2.36. The Morgan fingerprint density at radius 3 is 2.45 bits per heavy atom. The third kappa shape index (κ3) is 3.73. The van der Waals surface area contributed by atoms with Crippen LogP contribution in [-0.2, 0) is 4.79 Å². The Hall–Kier alpha value is -1.55. The zero-order valence-electron chi connectivity index (χ0n) is 12.3. The van der Waals surface area contributed by atoms with Crippen molar-refractivity contribution in [3.05, 3.63) is 42.0 Å². The molecule has 1 amide bonds. The highest BCUT2D eigenvalue weighted by molar-refractivity contribution is 8.08. The van der Waals surface area contributed by atoms with E-state index in [1.54, 1.807) is 11.8 Å². The maximum Gasteiger partial charge on any atom is 0.219 e. The number of allylic oxidation sites excluding steroid dienone is 1. The minimum atomic E-state index is -0.248. The minimum absolute atomic E-state index is 0.0439. The monoisotopic (exact) mass is 288 g/mol. The highest BCUT2D eigenvalue weighted by atomic mass is 32.2. The van der Waals surface area contributed by atoms with Crippen molar-refractivity contribution in [2.75, 3.05) is 0 Å². The second-order valence-corrected chi connectivity index (χ2v) is 6.93. The Morgan fingerprint density at radius 2 is 1.90 bits per heavy atom. The van der Waals surface area contributed by atoms with Crippen LogP contribution in [0.1, 0.15) is 33.3 Å². The van der Waals surface area contributed by atoms with Crippen molar-refractivity contribution in [1.82, 2.24) is 5.32 Å². The number of nitrogens with one attached hydrogen (secondary N) is 1. The van der Waals surface area contributed by atoms with Gasteiger partial charge in [-0.3, -0.25) is 9.79 Å². The lowest BCUT2D eigenvalue weighted by molar-refractivity contribution is -0.119. The van der Waals surface area contributed by atoms with E-state index in [9.17, 15) is 4.79 Å². The number of hydrogen-bond donors (Lipinski definition) is 1. The first-order valence-electron chi connectivity index (χ1n) is 6.65. The largest absolute Gasteiger partial charge is 0.326 e. The van der Waals surface area contributed by atoms with E-state index in [4.69, 9.17) is 0 Å². The molecule has 0 saturated heterocycles. The van der Waals surface area contributed by atoms with Crippen molar-refractivity contribution in [2.24, 2.45) is 10.4 Å². The fraction of sp³-hybridized carbons (Fsp3) is 0.375. The molecule has 1 aromatic carbocycles. The molecule has 4 heteroatoms. The van der Waals surface area contributed by atoms with Crippen LogP contribution in [0.5, 0.6) is 0 Å². The molecule has 0 aliphatic carbocycles. The predicted octanol–water partition coefficient (Wildman–Crippen LogP) is 3.68. The lowest BCUT2D eigenvalue weighted by atomic mass is 9.89. The first-order chi connectivity index (χ1) is 9.36. The lowest BCUT2D eigenvalue weighted by Crippen LogP contribution is -2.33. The Kier molecular flexibility index (Phi) is 4.33. The van der Waals surface area contributed by atoms with Gasteiger partial charge in [0.1, 0.15) is 0 Å². The Balaban J connectivity index is 2.35. The van der Waals surface area contributed by atoms with E-state index >= 15 is 0 Å². The highest BCUT2D eigenvalue weighted by Gasteiger charge is 2.25. The predicted molar refractivity (Wildman–Crippen MR) is 86.5 cm³/mol. The first-order valence-corrected chi connectivity index (χ1v) is 7.53. The molecule has 1 N–H and O–H groups in total. The number of carbonyl (C=O) groups excluding carboxylic acids is 1. The summed E-state index contributed by atoms with van der Waals surface area (Å²) in [6.07, 6.45) is 2.12. The standard InChI is InChI=1S/C16H20N2OS/c1-11(19)17-15-18-14(16(2,3)4)10-13(20-15)12-8-6-5-7-9-12/h5-10,15H,1-4H3,(H,17,19). The molecule has 0 radical (unpaired) electrons. The van der Waals surface area contributed by atoms with Gasteiger partial charge >= 0.3 is 0 Å². The van der Waals surface area contributed by atoms with Gasteiger partial charge in [0.25, 0.3) is 0 Å². The van der Waals surface area contributed by atoms with E-state index in [-0.39, 0.29) is 16.8 Å². The zero-order valence-corrected chi connectivity index (χ0v) is 13.1. The quantitative estimate of drug-likeness (QED) is 0.902. The maximum absolute atomic E-state index is 11.3. The summed E-state index contributed by atoms with van der Waals surface area (Å²) in [6, 6.07) is 10.2. The second kappa shape index (κ2) is 5.83. The summed E-state index contributed by atoms with van der Waals surface area (Å²) in [6.45, 7) is 7.91. The van der Waals surface area contributed by atoms with Crippen molar-refractivity contribution < 1.29 is 4.79 Å². The molecule has 0 fully saturated rings. The zero-order chi connectivity index (χ0) is 14.8. The molecule has 1 aliphatic heterocycles. The summed E-state index contributed by atoms with van der Waals surface area (Å²) in [7, 11) is 0. The number of nitrogens with zero attached hydrogens (tertiary/aromatic N) is 1. The molecule has 106 valence electrons. The van der Waals surface area contributed by atoms with Crippen LogP contribution in [0.3, 0.4) is 0 Å².